The highest BCUT2D eigenvalue weighted by Crippen LogP contribution is 2.24. The van der Waals surface area contributed by atoms with E-state index in [4.69, 9.17) is 23.2 Å². The quantitative estimate of drug-likeness (QED) is 0.395. The second-order valence-electron chi connectivity index (χ2n) is 6.20. The number of halogens is 2. The first kappa shape index (κ1) is 20.5. The summed E-state index contributed by atoms with van der Waals surface area (Å²) in [6.07, 6.45) is 1.34. The molecule has 0 radical (unpaired) electrons. The SMILES string of the molecule is N#C/C(=C/Nc1cc(Cl)cc(Cl)c1)C(=O)NC(c1ccccc1)c1ccccc1. The summed E-state index contributed by atoms with van der Waals surface area (Å²) in [5.41, 5.74) is 2.33. The molecule has 144 valence electrons. The lowest BCUT2D eigenvalue weighted by Gasteiger charge is -2.19. The van der Waals surface area contributed by atoms with Crippen LogP contribution in [-0.2, 0) is 4.79 Å². The Kier molecular flexibility index (Phi) is 6.91. The Labute approximate surface area is 179 Å². The van der Waals surface area contributed by atoms with Crippen molar-refractivity contribution in [3.05, 3.63) is 112 Å². The highest BCUT2D eigenvalue weighted by atomic mass is 35.5. The van der Waals surface area contributed by atoms with Crippen LogP contribution in [0.2, 0.25) is 10.0 Å². The highest BCUT2D eigenvalue weighted by molar-refractivity contribution is 6.35. The van der Waals surface area contributed by atoms with Crippen molar-refractivity contribution in [2.75, 3.05) is 5.32 Å². The van der Waals surface area contributed by atoms with Gasteiger partial charge in [-0.3, -0.25) is 4.79 Å². The first-order valence-corrected chi connectivity index (χ1v) is 9.56. The standard InChI is InChI=1S/C23H17Cl2N3O/c24-19-11-20(25)13-21(12-19)27-15-18(14-26)23(29)28-22(16-7-3-1-4-8-16)17-9-5-2-6-10-17/h1-13,15,22,27H,(H,28,29)/b18-15-. The maximum absolute atomic E-state index is 12.8. The van der Waals surface area contributed by atoms with Gasteiger partial charge in [-0.2, -0.15) is 5.26 Å². The Balaban J connectivity index is 1.83. The number of hydrogen-bond donors (Lipinski definition) is 2. The van der Waals surface area contributed by atoms with Crippen molar-refractivity contribution in [1.82, 2.24) is 5.32 Å². The van der Waals surface area contributed by atoms with Crippen molar-refractivity contribution in [2.24, 2.45) is 0 Å². The second kappa shape index (κ2) is 9.79. The van der Waals surface area contributed by atoms with Crippen molar-refractivity contribution in [1.29, 1.82) is 5.26 Å². The van der Waals surface area contributed by atoms with Crippen LogP contribution in [0.25, 0.3) is 0 Å². The smallest absolute Gasteiger partial charge is 0.264 e. The third-order valence-corrected chi connectivity index (χ3v) is 4.59. The number of carbonyl (C=O) groups is 1. The van der Waals surface area contributed by atoms with E-state index in [0.29, 0.717) is 15.7 Å². The van der Waals surface area contributed by atoms with Gasteiger partial charge in [0.2, 0.25) is 0 Å². The van der Waals surface area contributed by atoms with Gasteiger partial charge < -0.3 is 10.6 Å². The van der Waals surface area contributed by atoms with E-state index in [1.165, 1.54) is 6.20 Å². The molecular weight excluding hydrogens is 405 g/mol. The molecule has 0 saturated heterocycles. The van der Waals surface area contributed by atoms with Crippen LogP contribution in [0.3, 0.4) is 0 Å². The van der Waals surface area contributed by atoms with Gasteiger partial charge in [-0.05, 0) is 29.3 Å². The summed E-state index contributed by atoms with van der Waals surface area (Å²) >= 11 is 12.0. The van der Waals surface area contributed by atoms with Crippen molar-refractivity contribution in [2.45, 2.75) is 6.04 Å². The molecule has 0 unspecified atom stereocenters. The van der Waals surface area contributed by atoms with Gasteiger partial charge in [-0.1, -0.05) is 83.9 Å². The molecule has 3 aromatic carbocycles. The molecule has 29 heavy (non-hydrogen) atoms. The molecule has 0 aromatic heterocycles. The third-order valence-electron chi connectivity index (χ3n) is 4.15. The number of nitrogens with one attached hydrogen (secondary N) is 2. The number of nitriles is 1. The maximum Gasteiger partial charge on any atom is 0.264 e. The maximum atomic E-state index is 12.8. The van der Waals surface area contributed by atoms with E-state index in [1.54, 1.807) is 18.2 Å². The van der Waals surface area contributed by atoms with Crippen LogP contribution < -0.4 is 10.6 Å². The first-order valence-electron chi connectivity index (χ1n) is 8.80. The normalized spacial score (nSPS) is 11.0. The summed E-state index contributed by atoms with van der Waals surface area (Å²) in [7, 11) is 0. The molecule has 0 bridgehead atoms. The fourth-order valence-electron chi connectivity index (χ4n) is 2.80. The van der Waals surface area contributed by atoms with Crippen molar-refractivity contribution < 1.29 is 4.79 Å². The van der Waals surface area contributed by atoms with E-state index >= 15 is 0 Å². The van der Waals surface area contributed by atoms with Crippen LogP contribution in [0.15, 0.2) is 90.6 Å². The molecular formula is C23H17Cl2N3O. The number of amides is 1. The fourth-order valence-corrected chi connectivity index (χ4v) is 3.33. The number of anilines is 1. The number of hydrogen-bond acceptors (Lipinski definition) is 3. The molecule has 0 aliphatic heterocycles. The zero-order valence-electron chi connectivity index (χ0n) is 15.3. The van der Waals surface area contributed by atoms with Gasteiger partial charge in [-0.15, -0.1) is 0 Å². The summed E-state index contributed by atoms with van der Waals surface area (Å²) in [6, 6.07) is 25.6. The van der Waals surface area contributed by atoms with Crippen LogP contribution in [0, 0.1) is 11.3 Å². The van der Waals surface area contributed by atoms with E-state index < -0.39 is 5.91 Å². The van der Waals surface area contributed by atoms with Crippen LogP contribution in [0.1, 0.15) is 17.2 Å². The second-order valence-corrected chi connectivity index (χ2v) is 7.07. The molecule has 1 amide bonds. The van der Waals surface area contributed by atoms with Crippen LogP contribution in [-0.4, -0.2) is 5.91 Å². The predicted molar refractivity (Wildman–Crippen MR) is 117 cm³/mol. The van der Waals surface area contributed by atoms with E-state index in [-0.39, 0.29) is 11.6 Å². The summed E-state index contributed by atoms with van der Waals surface area (Å²) in [5, 5.41) is 16.2. The zero-order chi connectivity index (χ0) is 20.6. The van der Waals surface area contributed by atoms with Gasteiger partial charge in [0, 0.05) is 21.9 Å². The monoisotopic (exact) mass is 421 g/mol. The van der Waals surface area contributed by atoms with Crippen molar-refractivity contribution >= 4 is 34.8 Å². The summed E-state index contributed by atoms with van der Waals surface area (Å²) in [5.74, 6) is -0.495. The molecule has 3 rings (SSSR count). The molecule has 0 spiro atoms. The Bertz CT molecular complexity index is 1000. The van der Waals surface area contributed by atoms with Crippen molar-refractivity contribution in [3.8, 4) is 6.07 Å². The zero-order valence-corrected chi connectivity index (χ0v) is 16.8. The number of benzene rings is 3. The van der Waals surface area contributed by atoms with Crippen LogP contribution in [0.5, 0.6) is 0 Å². The lowest BCUT2D eigenvalue weighted by molar-refractivity contribution is -0.117. The number of rotatable bonds is 6. The third kappa shape index (κ3) is 5.61. The predicted octanol–water partition coefficient (Wildman–Crippen LogP) is 5.72. The molecule has 0 aliphatic rings. The minimum absolute atomic E-state index is 0.0713. The average Bonchev–Trinajstić information content (AvgIpc) is 2.73. The van der Waals surface area contributed by atoms with E-state index in [9.17, 15) is 10.1 Å². The number of carbonyl (C=O) groups excluding carboxylic acids is 1. The molecule has 0 heterocycles. The largest absolute Gasteiger partial charge is 0.360 e. The van der Waals surface area contributed by atoms with E-state index in [1.807, 2.05) is 66.7 Å². The molecule has 2 N–H and O–H groups in total. The van der Waals surface area contributed by atoms with Gasteiger partial charge in [0.25, 0.3) is 5.91 Å². The Morgan fingerprint density at radius 2 is 1.41 bits per heavy atom. The molecule has 0 aliphatic carbocycles. The van der Waals surface area contributed by atoms with Gasteiger partial charge in [0.1, 0.15) is 11.6 Å². The molecule has 3 aromatic rings. The van der Waals surface area contributed by atoms with Crippen LogP contribution >= 0.6 is 23.2 Å². The lowest BCUT2D eigenvalue weighted by Crippen LogP contribution is -2.30. The van der Waals surface area contributed by atoms with Gasteiger partial charge in [-0.25, -0.2) is 0 Å². The average molecular weight is 422 g/mol. The van der Waals surface area contributed by atoms with Crippen molar-refractivity contribution in [3.63, 3.8) is 0 Å². The topological polar surface area (TPSA) is 64.9 Å². The number of nitrogens with zero attached hydrogens (tertiary/aromatic N) is 1. The minimum atomic E-state index is -0.495. The summed E-state index contributed by atoms with van der Waals surface area (Å²) in [6.45, 7) is 0. The molecule has 6 heteroatoms. The first-order chi connectivity index (χ1) is 14.1. The lowest BCUT2D eigenvalue weighted by atomic mass is 9.98. The minimum Gasteiger partial charge on any atom is -0.360 e. The van der Waals surface area contributed by atoms with Gasteiger partial charge >= 0.3 is 0 Å². The van der Waals surface area contributed by atoms with Gasteiger partial charge in [0.15, 0.2) is 0 Å². The Morgan fingerprint density at radius 1 is 0.897 bits per heavy atom. The Hall–Kier alpha value is -3.26. The Morgan fingerprint density at radius 3 is 1.90 bits per heavy atom. The van der Waals surface area contributed by atoms with E-state index in [0.717, 1.165) is 11.1 Å². The molecule has 4 nitrogen and oxygen atoms in total. The molecule has 0 saturated carbocycles. The fraction of sp³-hybridized carbons (Fsp3) is 0.0435. The molecule has 0 atom stereocenters. The van der Waals surface area contributed by atoms with Crippen LogP contribution in [0.4, 0.5) is 5.69 Å². The van der Waals surface area contributed by atoms with E-state index in [2.05, 4.69) is 10.6 Å². The highest BCUT2D eigenvalue weighted by Gasteiger charge is 2.19. The summed E-state index contributed by atoms with van der Waals surface area (Å²) < 4.78 is 0. The van der Waals surface area contributed by atoms with Gasteiger partial charge in [0.05, 0.1) is 6.04 Å². The molecule has 0 fully saturated rings. The summed E-state index contributed by atoms with van der Waals surface area (Å²) in [4.78, 5) is 12.8.